The topological polar surface area (TPSA) is 45.0 Å². The molecule has 3 heteroatoms. The number of nitriles is 1. The predicted molar refractivity (Wildman–Crippen MR) is 51.2 cm³/mol. The van der Waals surface area contributed by atoms with E-state index >= 15 is 0 Å². The second-order valence-electron chi connectivity index (χ2n) is 3.80. The van der Waals surface area contributed by atoms with E-state index < -0.39 is 5.54 Å². The first-order chi connectivity index (χ1) is 6.26. The molecule has 0 aliphatic heterocycles. The van der Waals surface area contributed by atoms with Crippen LogP contribution in [0.1, 0.15) is 26.2 Å². The maximum atomic E-state index is 9.05. The van der Waals surface area contributed by atoms with Crippen molar-refractivity contribution in [1.82, 2.24) is 5.32 Å². The number of hydrogen-bond acceptors (Lipinski definition) is 3. The zero-order chi connectivity index (χ0) is 9.73. The minimum absolute atomic E-state index is 0.461. The standard InChI is InChI=1S/C10H18N2O/c1-3-10(7-11,8-13-2)12-6-9-4-5-9/h9,12H,3-6,8H2,1-2H3. The van der Waals surface area contributed by atoms with E-state index in [-0.39, 0.29) is 0 Å². The average molecular weight is 182 g/mol. The lowest BCUT2D eigenvalue weighted by Crippen LogP contribution is -2.48. The highest BCUT2D eigenvalue weighted by molar-refractivity contribution is 5.07. The first-order valence-corrected chi connectivity index (χ1v) is 4.91. The van der Waals surface area contributed by atoms with Crippen LogP contribution in [0.3, 0.4) is 0 Å². The Labute approximate surface area is 80.1 Å². The fourth-order valence-electron chi connectivity index (χ4n) is 1.34. The summed E-state index contributed by atoms with van der Waals surface area (Å²) in [6, 6.07) is 2.31. The molecule has 0 aromatic heterocycles. The summed E-state index contributed by atoms with van der Waals surface area (Å²) < 4.78 is 5.06. The van der Waals surface area contributed by atoms with Crippen molar-refractivity contribution in [2.24, 2.45) is 5.92 Å². The van der Waals surface area contributed by atoms with Crippen LogP contribution in [0, 0.1) is 17.2 Å². The Hall–Kier alpha value is -0.590. The van der Waals surface area contributed by atoms with Crippen molar-refractivity contribution in [3.05, 3.63) is 0 Å². The van der Waals surface area contributed by atoms with Gasteiger partial charge in [0.25, 0.3) is 0 Å². The summed E-state index contributed by atoms with van der Waals surface area (Å²) in [6.07, 6.45) is 3.42. The molecule has 1 atom stereocenters. The molecular formula is C10H18N2O. The van der Waals surface area contributed by atoms with Crippen LogP contribution < -0.4 is 5.32 Å². The van der Waals surface area contributed by atoms with Gasteiger partial charge in [-0.15, -0.1) is 0 Å². The van der Waals surface area contributed by atoms with Gasteiger partial charge < -0.3 is 4.74 Å². The average Bonchev–Trinajstić information content (AvgIpc) is 2.96. The van der Waals surface area contributed by atoms with E-state index in [9.17, 15) is 0 Å². The molecule has 1 aliphatic carbocycles. The summed E-state index contributed by atoms with van der Waals surface area (Å²) in [4.78, 5) is 0. The lowest BCUT2D eigenvalue weighted by Gasteiger charge is -2.25. The van der Waals surface area contributed by atoms with Crippen LogP contribution in [-0.4, -0.2) is 25.8 Å². The summed E-state index contributed by atoms with van der Waals surface area (Å²) in [5, 5.41) is 12.4. The molecule has 0 saturated heterocycles. The van der Waals surface area contributed by atoms with Crippen molar-refractivity contribution in [2.75, 3.05) is 20.3 Å². The molecule has 13 heavy (non-hydrogen) atoms. The third-order valence-corrected chi connectivity index (χ3v) is 2.63. The number of hydrogen-bond donors (Lipinski definition) is 1. The van der Waals surface area contributed by atoms with Crippen molar-refractivity contribution in [3.8, 4) is 6.07 Å². The predicted octanol–water partition coefficient (Wildman–Crippen LogP) is 1.30. The van der Waals surface area contributed by atoms with E-state index in [1.165, 1.54) is 12.8 Å². The molecule has 74 valence electrons. The van der Waals surface area contributed by atoms with Crippen molar-refractivity contribution >= 4 is 0 Å². The van der Waals surface area contributed by atoms with E-state index in [2.05, 4.69) is 11.4 Å². The van der Waals surface area contributed by atoms with Gasteiger partial charge in [-0.05, 0) is 31.7 Å². The van der Waals surface area contributed by atoms with E-state index in [0.29, 0.717) is 6.61 Å². The quantitative estimate of drug-likeness (QED) is 0.673. The van der Waals surface area contributed by atoms with Gasteiger partial charge in [0.05, 0.1) is 12.7 Å². The summed E-state index contributed by atoms with van der Waals surface area (Å²) in [5.41, 5.74) is -0.461. The van der Waals surface area contributed by atoms with Crippen molar-refractivity contribution in [2.45, 2.75) is 31.7 Å². The highest BCUT2D eigenvalue weighted by Crippen LogP contribution is 2.28. The van der Waals surface area contributed by atoms with E-state index in [1.807, 2.05) is 6.92 Å². The monoisotopic (exact) mass is 182 g/mol. The fourth-order valence-corrected chi connectivity index (χ4v) is 1.34. The van der Waals surface area contributed by atoms with E-state index in [0.717, 1.165) is 18.9 Å². The van der Waals surface area contributed by atoms with Gasteiger partial charge in [0.15, 0.2) is 0 Å². The van der Waals surface area contributed by atoms with Gasteiger partial charge in [0.2, 0.25) is 0 Å². The van der Waals surface area contributed by atoms with Crippen LogP contribution in [0.2, 0.25) is 0 Å². The second kappa shape index (κ2) is 4.59. The molecular weight excluding hydrogens is 164 g/mol. The number of methoxy groups -OCH3 is 1. The largest absolute Gasteiger partial charge is 0.382 e. The number of rotatable bonds is 6. The number of ether oxygens (including phenoxy) is 1. The molecule has 3 nitrogen and oxygen atoms in total. The molecule has 0 bridgehead atoms. The van der Waals surface area contributed by atoms with Crippen LogP contribution in [0.4, 0.5) is 0 Å². The Kier molecular flexibility index (Phi) is 3.71. The summed E-state index contributed by atoms with van der Waals surface area (Å²) in [5.74, 6) is 0.802. The lowest BCUT2D eigenvalue weighted by molar-refractivity contribution is 0.134. The van der Waals surface area contributed by atoms with Gasteiger partial charge in [-0.2, -0.15) is 5.26 Å². The van der Waals surface area contributed by atoms with Crippen LogP contribution in [0.5, 0.6) is 0 Å². The Morgan fingerprint density at radius 3 is 2.69 bits per heavy atom. The van der Waals surface area contributed by atoms with E-state index in [1.54, 1.807) is 7.11 Å². The minimum Gasteiger partial charge on any atom is -0.382 e. The normalized spacial score (nSPS) is 20.7. The summed E-state index contributed by atoms with van der Waals surface area (Å²) in [7, 11) is 1.64. The van der Waals surface area contributed by atoms with Crippen molar-refractivity contribution in [1.29, 1.82) is 5.26 Å². The lowest BCUT2D eigenvalue weighted by atomic mass is 9.99. The van der Waals surface area contributed by atoms with Crippen molar-refractivity contribution in [3.63, 3.8) is 0 Å². The highest BCUT2D eigenvalue weighted by Gasteiger charge is 2.30. The Balaban J connectivity index is 2.38. The molecule has 0 radical (unpaired) electrons. The number of nitrogens with zero attached hydrogens (tertiary/aromatic N) is 1. The molecule has 1 saturated carbocycles. The Morgan fingerprint density at radius 2 is 2.31 bits per heavy atom. The molecule has 1 aliphatic rings. The van der Waals surface area contributed by atoms with Crippen LogP contribution in [0.15, 0.2) is 0 Å². The van der Waals surface area contributed by atoms with Gasteiger partial charge in [-0.3, -0.25) is 5.32 Å². The molecule has 0 heterocycles. The molecule has 1 N–H and O–H groups in total. The fraction of sp³-hybridized carbons (Fsp3) is 0.900. The second-order valence-corrected chi connectivity index (χ2v) is 3.80. The zero-order valence-electron chi connectivity index (χ0n) is 8.47. The van der Waals surface area contributed by atoms with Gasteiger partial charge in [0.1, 0.15) is 5.54 Å². The maximum absolute atomic E-state index is 9.05. The first kappa shape index (κ1) is 10.5. The van der Waals surface area contributed by atoms with Crippen LogP contribution in [-0.2, 0) is 4.74 Å². The van der Waals surface area contributed by atoms with Gasteiger partial charge in [-0.25, -0.2) is 0 Å². The minimum atomic E-state index is -0.461. The molecule has 0 aromatic carbocycles. The third kappa shape index (κ3) is 2.98. The molecule has 0 amide bonds. The SMILES string of the molecule is CCC(C#N)(COC)NCC1CC1. The zero-order valence-corrected chi connectivity index (χ0v) is 8.47. The van der Waals surface area contributed by atoms with Gasteiger partial charge in [0, 0.05) is 7.11 Å². The van der Waals surface area contributed by atoms with E-state index in [4.69, 9.17) is 10.00 Å². The van der Waals surface area contributed by atoms with Gasteiger partial charge >= 0.3 is 0 Å². The number of nitrogens with one attached hydrogen (secondary N) is 1. The summed E-state index contributed by atoms with van der Waals surface area (Å²) in [6.45, 7) is 3.46. The van der Waals surface area contributed by atoms with Crippen molar-refractivity contribution < 1.29 is 4.74 Å². The van der Waals surface area contributed by atoms with Crippen LogP contribution in [0.25, 0.3) is 0 Å². The maximum Gasteiger partial charge on any atom is 0.130 e. The molecule has 1 rings (SSSR count). The molecule has 0 spiro atoms. The summed E-state index contributed by atoms with van der Waals surface area (Å²) >= 11 is 0. The molecule has 1 unspecified atom stereocenters. The smallest absolute Gasteiger partial charge is 0.130 e. The molecule has 1 fully saturated rings. The third-order valence-electron chi connectivity index (χ3n) is 2.63. The van der Waals surface area contributed by atoms with Gasteiger partial charge in [-0.1, -0.05) is 6.92 Å². The highest BCUT2D eigenvalue weighted by atomic mass is 16.5. The first-order valence-electron chi connectivity index (χ1n) is 4.91. The molecule has 0 aromatic rings. The Bertz CT molecular complexity index is 196. The Morgan fingerprint density at radius 1 is 1.62 bits per heavy atom. The van der Waals surface area contributed by atoms with Crippen LogP contribution >= 0.6 is 0 Å².